The third-order valence-electron chi connectivity index (χ3n) is 16.8. The van der Waals surface area contributed by atoms with E-state index < -0.39 is 6.10 Å². The summed E-state index contributed by atoms with van der Waals surface area (Å²) in [5, 5.41) is 9.70. The Morgan fingerprint density at radius 3 is 0.701 bits per heavy atom. The maximum Gasteiger partial charge on any atom is 0.306 e. The molecule has 0 saturated carbocycles. The minimum absolute atomic E-state index is 0.0563. The van der Waals surface area contributed by atoms with E-state index in [1.807, 2.05) is 0 Å². The van der Waals surface area contributed by atoms with Gasteiger partial charge in [0.25, 0.3) is 0 Å². The van der Waals surface area contributed by atoms with Gasteiger partial charge in [-0.25, -0.2) is 0 Å². The third kappa shape index (κ3) is 67.1. The van der Waals surface area contributed by atoms with Gasteiger partial charge in [0.05, 0.1) is 6.61 Å². The van der Waals surface area contributed by atoms with Gasteiger partial charge in [0.2, 0.25) is 0 Å². The Kier molecular flexibility index (Phi) is 67.7. The predicted molar refractivity (Wildman–Crippen MR) is 339 cm³/mol. The summed E-state index contributed by atoms with van der Waals surface area (Å²) in [6.07, 6.45) is 88.4. The van der Waals surface area contributed by atoms with Crippen LogP contribution < -0.4 is 0 Å². The van der Waals surface area contributed by atoms with Crippen molar-refractivity contribution in [3.8, 4) is 0 Å². The molecule has 0 bridgehead atoms. The van der Waals surface area contributed by atoms with E-state index in [9.17, 15) is 14.7 Å². The molecule has 0 aromatic heterocycles. The fraction of sp³-hybridized carbons (Fsp3) is 0.944. The monoisotopic (exact) mass is 1090 g/mol. The summed E-state index contributed by atoms with van der Waals surface area (Å²) >= 11 is 0. The van der Waals surface area contributed by atoms with E-state index in [1.165, 1.54) is 360 Å². The lowest BCUT2D eigenvalue weighted by Gasteiger charge is -2.15. The molecular formula is C72H140O5. The molecule has 77 heavy (non-hydrogen) atoms. The van der Waals surface area contributed by atoms with Gasteiger partial charge in [0.1, 0.15) is 6.61 Å². The Balaban J connectivity index is 3.36. The van der Waals surface area contributed by atoms with Crippen LogP contribution in [0.15, 0.2) is 12.2 Å². The van der Waals surface area contributed by atoms with Gasteiger partial charge < -0.3 is 14.6 Å². The first-order valence-corrected chi connectivity index (χ1v) is 35.7. The molecule has 5 nitrogen and oxygen atoms in total. The summed E-state index contributed by atoms with van der Waals surface area (Å²) in [5.74, 6) is -0.560. The average molecular weight is 1090 g/mol. The zero-order chi connectivity index (χ0) is 55.5. The lowest BCUT2D eigenvalue weighted by Crippen LogP contribution is -2.28. The molecule has 1 N–H and O–H groups in total. The minimum atomic E-state index is -0.767. The maximum absolute atomic E-state index is 12.4. The van der Waals surface area contributed by atoms with Crippen LogP contribution >= 0.6 is 0 Å². The molecule has 0 aliphatic rings. The third-order valence-corrected chi connectivity index (χ3v) is 16.8. The van der Waals surface area contributed by atoms with Gasteiger partial charge >= 0.3 is 11.9 Å². The van der Waals surface area contributed by atoms with E-state index in [4.69, 9.17) is 9.47 Å². The van der Waals surface area contributed by atoms with Gasteiger partial charge in [-0.05, 0) is 38.5 Å². The predicted octanol–water partition coefficient (Wildman–Crippen LogP) is 24.6. The number of hydrogen-bond donors (Lipinski definition) is 1. The Bertz CT molecular complexity index is 1140. The summed E-state index contributed by atoms with van der Waals surface area (Å²) in [4.78, 5) is 24.6. The van der Waals surface area contributed by atoms with Gasteiger partial charge in [0.15, 0.2) is 6.10 Å². The number of aliphatic hydroxyl groups excluding tert-OH is 1. The molecule has 0 aromatic carbocycles. The quantitative estimate of drug-likeness (QED) is 0.0373. The van der Waals surface area contributed by atoms with Gasteiger partial charge in [0, 0.05) is 12.8 Å². The number of rotatable bonds is 68. The van der Waals surface area contributed by atoms with Gasteiger partial charge in [-0.2, -0.15) is 0 Å². The second kappa shape index (κ2) is 68.9. The number of ether oxygens (including phenoxy) is 2. The number of aliphatic hydroxyl groups is 1. The second-order valence-electron chi connectivity index (χ2n) is 24.7. The number of carbonyl (C=O) groups excluding carboxylic acids is 2. The molecule has 458 valence electrons. The molecule has 0 aliphatic heterocycles. The molecule has 0 amide bonds. The first-order chi connectivity index (χ1) is 38.1. The van der Waals surface area contributed by atoms with Gasteiger partial charge in [-0.1, -0.05) is 379 Å². The summed E-state index contributed by atoms with van der Waals surface area (Å²) in [7, 11) is 0. The summed E-state index contributed by atoms with van der Waals surface area (Å²) in [6, 6.07) is 0. The van der Waals surface area contributed by atoms with Crippen LogP contribution in [0, 0.1) is 0 Å². The van der Waals surface area contributed by atoms with Crippen molar-refractivity contribution in [3.05, 3.63) is 12.2 Å². The highest BCUT2D eigenvalue weighted by atomic mass is 16.6. The lowest BCUT2D eigenvalue weighted by molar-refractivity contribution is -0.161. The van der Waals surface area contributed by atoms with Crippen molar-refractivity contribution in [1.82, 2.24) is 0 Å². The fourth-order valence-electron chi connectivity index (χ4n) is 11.4. The van der Waals surface area contributed by atoms with E-state index >= 15 is 0 Å². The molecule has 0 fully saturated rings. The normalized spacial score (nSPS) is 12.1. The van der Waals surface area contributed by atoms with Crippen LogP contribution in [0.4, 0.5) is 0 Å². The highest BCUT2D eigenvalue weighted by Crippen LogP contribution is 2.20. The number of carbonyl (C=O) groups is 2. The van der Waals surface area contributed by atoms with Crippen LogP contribution in [0.2, 0.25) is 0 Å². The van der Waals surface area contributed by atoms with Crippen molar-refractivity contribution in [2.24, 2.45) is 0 Å². The number of unbranched alkanes of at least 4 members (excludes halogenated alkanes) is 58. The van der Waals surface area contributed by atoms with Crippen LogP contribution in [0.1, 0.15) is 418 Å². The Hall–Kier alpha value is -1.36. The Labute approximate surface area is 483 Å². The van der Waals surface area contributed by atoms with Crippen LogP contribution in [-0.4, -0.2) is 36.4 Å². The van der Waals surface area contributed by atoms with Crippen molar-refractivity contribution in [2.75, 3.05) is 13.2 Å². The highest BCUT2D eigenvalue weighted by molar-refractivity contribution is 5.70. The van der Waals surface area contributed by atoms with Crippen molar-refractivity contribution in [3.63, 3.8) is 0 Å². The lowest BCUT2D eigenvalue weighted by atomic mass is 10.0. The average Bonchev–Trinajstić information content (AvgIpc) is 3.43. The molecule has 1 unspecified atom stereocenters. The smallest absolute Gasteiger partial charge is 0.306 e. The zero-order valence-corrected chi connectivity index (χ0v) is 52.8. The Morgan fingerprint density at radius 2 is 0.481 bits per heavy atom. The van der Waals surface area contributed by atoms with Crippen LogP contribution in [-0.2, 0) is 19.1 Å². The molecule has 0 heterocycles. The highest BCUT2D eigenvalue weighted by Gasteiger charge is 2.16. The molecular weight excluding hydrogens is 945 g/mol. The maximum atomic E-state index is 12.4. The molecule has 1 atom stereocenters. The van der Waals surface area contributed by atoms with E-state index in [-0.39, 0.29) is 25.2 Å². The number of allylic oxidation sites excluding steroid dienone is 2. The summed E-state index contributed by atoms with van der Waals surface area (Å²) in [5.41, 5.74) is 0. The molecule has 0 radical (unpaired) electrons. The van der Waals surface area contributed by atoms with Crippen molar-refractivity contribution < 1.29 is 24.2 Å². The summed E-state index contributed by atoms with van der Waals surface area (Å²) < 4.78 is 10.8. The summed E-state index contributed by atoms with van der Waals surface area (Å²) in [6.45, 7) is 4.22. The van der Waals surface area contributed by atoms with Gasteiger partial charge in [-0.3, -0.25) is 9.59 Å². The molecule has 0 aromatic rings. The Morgan fingerprint density at radius 1 is 0.286 bits per heavy atom. The van der Waals surface area contributed by atoms with E-state index in [1.54, 1.807) is 0 Å². The fourth-order valence-corrected chi connectivity index (χ4v) is 11.4. The second-order valence-corrected chi connectivity index (χ2v) is 24.7. The number of hydrogen-bond acceptors (Lipinski definition) is 5. The first kappa shape index (κ1) is 75.6. The SMILES string of the molecule is CCCCCCCCCC/C=C\CCCCCCCCCCCCCCCCCCCCCCCCCC(=O)OC(CO)COC(=O)CCCCCCCCCCCCCCCCCCCCCCCCCCCCCC. The van der Waals surface area contributed by atoms with E-state index in [0.29, 0.717) is 12.8 Å². The standard InChI is InChI=1S/C72H140O5/c1-3-5-7-9-11-13-15-17-19-21-23-25-27-29-31-33-34-35-36-37-38-39-41-43-45-47-49-51-53-55-57-59-61-63-65-67-72(75)77-70(68-73)69-76-71(74)66-64-62-60-58-56-54-52-50-48-46-44-42-40-32-30-28-26-24-22-20-18-16-14-12-10-8-6-4-2/h21,23,70,73H,3-20,22,24-69H2,1-2H3/b23-21-. The largest absolute Gasteiger partial charge is 0.462 e. The van der Waals surface area contributed by atoms with Crippen molar-refractivity contribution in [1.29, 1.82) is 0 Å². The minimum Gasteiger partial charge on any atom is -0.462 e. The van der Waals surface area contributed by atoms with Crippen LogP contribution in [0.3, 0.4) is 0 Å². The van der Waals surface area contributed by atoms with Crippen molar-refractivity contribution in [2.45, 2.75) is 424 Å². The van der Waals surface area contributed by atoms with Crippen molar-refractivity contribution >= 4 is 11.9 Å². The zero-order valence-electron chi connectivity index (χ0n) is 52.8. The van der Waals surface area contributed by atoms with Crippen LogP contribution in [0.5, 0.6) is 0 Å². The first-order valence-electron chi connectivity index (χ1n) is 35.7. The molecule has 0 rings (SSSR count). The molecule has 5 heteroatoms. The molecule has 0 aliphatic carbocycles. The van der Waals surface area contributed by atoms with Gasteiger partial charge in [-0.15, -0.1) is 0 Å². The van der Waals surface area contributed by atoms with E-state index in [2.05, 4.69) is 26.0 Å². The van der Waals surface area contributed by atoms with Crippen LogP contribution in [0.25, 0.3) is 0 Å². The van der Waals surface area contributed by atoms with E-state index in [0.717, 1.165) is 32.1 Å². The topological polar surface area (TPSA) is 72.8 Å². The molecule has 0 spiro atoms. The number of esters is 2. The molecule has 0 saturated heterocycles.